The molecule has 0 saturated heterocycles. The number of nitrogens with zero attached hydrogens (tertiary/aromatic N) is 1. The highest BCUT2D eigenvalue weighted by atomic mass is 32.2. The molecule has 0 saturated carbocycles. The summed E-state index contributed by atoms with van der Waals surface area (Å²) in [5.41, 5.74) is -0.300. The summed E-state index contributed by atoms with van der Waals surface area (Å²) in [6, 6.07) is 3.47. The van der Waals surface area contributed by atoms with Crippen LogP contribution in [0.15, 0.2) is 23.1 Å². The van der Waals surface area contributed by atoms with Crippen LogP contribution < -0.4 is 4.74 Å². The smallest absolute Gasteiger partial charge is 0.274 e. The molecule has 1 aromatic rings. The van der Waals surface area contributed by atoms with E-state index in [1.54, 1.807) is 6.92 Å². The van der Waals surface area contributed by atoms with Crippen LogP contribution in [0.1, 0.15) is 6.92 Å². The first-order valence-corrected chi connectivity index (χ1v) is 6.36. The van der Waals surface area contributed by atoms with Gasteiger partial charge in [-0.1, -0.05) is 0 Å². The average Bonchev–Trinajstić information content (AvgIpc) is 2.16. The molecule has 0 spiro atoms. The van der Waals surface area contributed by atoms with E-state index in [2.05, 4.69) is 0 Å². The van der Waals surface area contributed by atoms with Crippen molar-refractivity contribution in [3.05, 3.63) is 28.3 Å². The van der Waals surface area contributed by atoms with Crippen molar-refractivity contribution in [2.24, 2.45) is 0 Å². The fraction of sp³-hybridized carbons (Fsp3) is 0.333. The molecule has 0 aromatic heterocycles. The monoisotopic (exact) mass is 245 g/mol. The number of rotatable bonds is 4. The zero-order chi connectivity index (χ0) is 12.3. The van der Waals surface area contributed by atoms with Gasteiger partial charge in [0, 0.05) is 12.3 Å². The molecule has 0 atom stereocenters. The van der Waals surface area contributed by atoms with Crippen LogP contribution in [-0.4, -0.2) is 26.2 Å². The third-order valence-corrected chi connectivity index (χ3v) is 2.91. The van der Waals surface area contributed by atoms with Gasteiger partial charge in [0.15, 0.2) is 9.84 Å². The van der Waals surface area contributed by atoms with E-state index in [1.165, 1.54) is 12.1 Å². The number of nitro groups is 1. The average molecular weight is 245 g/mol. The maximum absolute atomic E-state index is 11.3. The first-order valence-electron chi connectivity index (χ1n) is 4.47. The topological polar surface area (TPSA) is 86.5 Å². The SMILES string of the molecule is CCOc1cc([N+](=O)[O-])cc(S(C)(=O)=O)c1. The van der Waals surface area contributed by atoms with E-state index in [1.807, 2.05) is 0 Å². The Hall–Kier alpha value is -1.63. The van der Waals surface area contributed by atoms with Crippen molar-refractivity contribution in [2.75, 3.05) is 12.9 Å². The second kappa shape index (κ2) is 4.48. The number of sulfone groups is 1. The molecule has 16 heavy (non-hydrogen) atoms. The molecule has 0 radical (unpaired) electrons. The van der Waals surface area contributed by atoms with Crippen LogP contribution in [0.25, 0.3) is 0 Å². The van der Waals surface area contributed by atoms with Crippen LogP contribution in [0.2, 0.25) is 0 Å². The molecule has 0 aliphatic heterocycles. The minimum atomic E-state index is -3.48. The Kier molecular flexibility index (Phi) is 3.48. The van der Waals surface area contributed by atoms with Gasteiger partial charge < -0.3 is 4.74 Å². The number of ether oxygens (including phenoxy) is 1. The molecule has 0 heterocycles. The maximum atomic E-state index is 11.3. The molecule has 0 N–H and O–H groups in total. The summed E-state index contributed by atoms with van der Waals surface area (Å²) in [6.07, 6.45) is 0.988. The zero-order valence-electron chi connectivity index (χ0n) is 8.84. The predicted octanol–water partition coefficient (Wildman–Crippen LogP) is 1.40. The molecule has 0 aliphatic carbocycles. The molecule has 1 aromatic carbocycles. The Morgan fingerprint density at radius 2 is 2.00 bits per heavy atom. The Morgan fingerprint density at radius 3 is 2.44 bits per heavy atom. The number of hydrogen-bond donors (Lipinski definition) is 0. The Labute approximate surface area is 92.9 Å². The highest BCUT2D eigenvalue weighted by Crippen LogP contribution is 2.25. The fourth-order valence-corrected chi connectivity index (χ4v) is 1.79. The number of non-ortho nitro benzene ring substituents is 1. The molecule has 0 amide bonds. The lowest BCUT2D eigenvalue weighted by atomic mass is 10.3. The molecular formula is C9H11NO5S. The van der Waals surface area contributed by atoms with E-state index in [4.69, 9.17) is 4.74 Å². The second-order valence-corrected chi connectivity index (χ2v) is 5.14. The van der Waals surface area contributed by atoms with E-state index in [0.717, 1.165) is 12.3 Å². The van der Waals surface area contributed by atoms with Gasteiger partial charge in [0.05, 0.1) is 22.5 Å². The van der Waals surface area contributed by atoms with Crippen molar-refractivity contribution in [3.8, 4) is 5.75 Å². The standard InChI is InChI=1S/C9H11NO5S/c1-3-15-8-4-7(10(11)12)5-9(6-8)16(2,13)14/h4-6H,3H2,1-2H3. The van der Waals surface area contributed by atoms with Crippen LogP contribution in [0.4, 0.5) is 5.69 Å². The van der Waals surface area contributed by atoms with E-state index in [-0.39, 0.29) is 16.3 Å². The Morgan fingerprint density at radius 1 is 1.38 bits per heavy atom. The summed E-state index contributed by atoms with van der Waals surface area (Å²) >= 11 is 0. The van der Waals surface area contributed by atoms with Crippen LogP contribution in [0, 0.1) is 10.1 Å². The summed E-state index contributed by atoms with van der Waals surface area (Å²) in [4.78, 5) is 9.82. The van der Waals surface area contributed by atoms with E-state index >= 15 is 0 Å². The lowest BCUT2D eigenvalue weighted by Crippen LogP contribution is -2.01. The van der Waals surface area contributed by atoms with Gasteiger partial charge in [-0.15, -0.1) is 0 Å². The number of hydrogen-bond acceptors (Lipinski definition) is 5. The lowest BCUT2D eigenvalue weighted by Gasteiger charge is -2.05. The highest BCUT2D eigenvalue weighted by molar-refractivity contribution is 7.90. The highest BCUT2D eigenvalue weighted by Gasteiger charge is 2.16. The Bertz CT molecular complexity index is 509. The van der Waals surface area contributed by atoms with Crippen molar-refractivity contribution in [2.45, 2.75) is 11.8 Å². The van der Waals surface area contributed by atoms with Crippen molar-refractivity contribution >= 4 is 15.5 Å². The quantitative estimate of drug-likeness (QED) is 0.591. The number of benzene rings is 1. The summed E-state index contributed by atoms with van der Waals surface area (Å²) in [5, 5.41) is 10.6. The molecule has 0 fully saturated rings. The van der Waals surface area contributed by atoms with Gasteiger partial charge in [0.25, 0.3) is 5.69 Å². The maximum Gasteiger partial charge on any atom is 0.274 e. The molecule has 0 aliphatic rings. The fourth-order valence-electron chi connectivity index (χ4n) is 1.13. The first kappa shape index (κ1) is 12.4. The van der Waals surface area contributed by atoms with Crippen molar-refractivity contribution in [1.82, 2.24) is 0 Å². The summed E-state index contributed by atoms with van der Waals surface area (Å²) < 4.78 is 27.6. The van der Waals surface area contributed by atoms with Crippen molar-refractivity contribution < 1.29 is 18.1 Å². The number of nitro benzene ring substituents is 1. The van der Waals surface area contributed by atoms with Gasteiger partial charge >= 0.3 is 0 Å². The van der Waals surface area contributed by atoms with Crippen LogP contribution in [0.5, 0.6) is 5.75 Å². The van der Waals surface area contributed by atoms with Gasteiger partial charge in [0.1, 0.15) is 5.75 Å². The van der Waals surface area contributed by atoms with Crippen LogP contribution in [-0.2, 0) is 9.84 Å². The minimum Gasteiger partial charge on any atom is -0.494 e. The summed E-state index contributed by atoms with van der Waals surface area (Å²) in [5.74, 6) is 0.178. The third-order valence-electron chi connectivity index (χ3n) is 1.81. The van der Waals surface area contributed by atoms with E-state index in [0.29, 0.717) is 6.61 Å². The molecular weight excluding hydrogens is 234 g/mol. The van der Waals surface area contributed by atoms with Crippen molar-refractivity contribution in [1.29, 1.82) is 0 Å². The van der Waals surface area contributed by atoms with Gasteiger partial charge in [0.2, 0.25) is 0 Å². The molecule has 7 heteroatoms. The third kappa shape index (κ3) is 2.93. The molecule has 6 nitrogen and oxygen atoms in total. The minimum absolute atomic E-state index is 0.120. The van der Waals surface area contributed by atoms with Crippen LogP contribution in [0.3, 0.4) is 0 Å². The van der Waals surface area contributed by atoms with Gasteiger partial charge in [-0.25, -0.2) is 8.42 Å². The molecule has 0 bridgehead atoms. The first-order chi connectivity index (χ1) is 7.34. The Balaban J connectivity index is 3.35. The summed E-state index contributed by atoms with van der Waals surface area (Å²) in [7, 11) is -3.48. The largest absolute Gasteiger partial charge is 0.494 e. The lowest BCUT2D eigenvalue weighted by molar-refractivity contribution is -0.385. The van der Waals surface area contributed by atoms with Crippen molar-refractivity contribution in [3.63, 3.8) is 0 Å². The van der Waals surface area contributed by atoms with E-state index in [9.17, 15) is 18.5 Å². The normalized spacial score (nSPS) is 11.1. The van der Waals surface area contributed by atoms with E-state index < -0.39 is 14.8 Å². The second-order valence-electron chi connectivity index (χ2n) is 3.12. The van der Waals surface area contributed by atoms with Gasteiger partial charge in [-0.2, -0.15) is 0 Å². The molecule has 88 valence electrons. The van der Waals surface area contributed by atoms with Gasteiger partial charge in [-0.3, -0.25) is 10.1 Å². The van der Waals surface area contributed by atoms with Crippen LogP contribution >= 0.6 is 0 Å². The molecule has 0 unspecified atom stereocenters. The zero-order valence-corrected chi connectivity index (χ0v) is 9.65. The summed E-state index contributed by atoms with van der Waals surface area (Å²) in [6.45, 7) is 2.02. The van der Waals surface area contributed by atoms with Gasteiger partial charge in [-0.05, 0) is 13.0 Å². The molecule has 1 rings (SSSR count). The predicted molar refractivity (Wildman–Crippen MR) is 57.4 cm³/mol.